The largest absolute Gasteiger partial charge is 0.507 e. The minimum atomic E-state index is 0.151. The number of nitrogens with zero attached hydrogens (tertiary/aromatic N) is 1. The molecule has 0 atom stereocenters. The molecule has 0 aliphatic heterocycles. The molecular formula is C16H25NO2. The zero-order valence-corrected chi connectivity index (χ0v) is 12.2. The molecule has 0 aliphatic carbocycles. The molecule has 1 aromatic carbocycles. The Morgan fingerprint density at radius 1 is 1.21 bits per heavy atom. The third-order valence-electron chi connectivity index (χ3n) is 4.20. The van der Waals surface area contributed by atoms with Crippen LogP contribution in [0.4, 0.5) is 0 Å². The maximum absolute atomic E-state index is 9.75. The van der Waals surface area contributed by atoms with Crippen molar-refractivity contribution >= 4 is 6.21 Å². The van der Waals surface area contributed by atoms with E-state index in [0.29, 0.717) is 5.56 Å². The van der Waals surface area contributed by atoms with Gasteiger partial charge in [-0.2, -0.15) is 0 Å². The SMILES string of the molecule is CCCCC(CC)(CC)c1ccc(O)c(/C=N/O)c1. The zero-order chi connectivity index (χ0) is 14.3. The second kappa shape index (κ2) is 7.17. The fourth-order valence-corrected chi connectivity index (χ4v) is 2.72. The van der Waals surface area contributed by atoms with Crippen LogP contribution in [-0.4, -0.2) is 16.5 Å². The summed E-state index contributed by atoms with van der Waals surface area (Å²) < 4.78 is 0. The van der Waals surface area contributed by atoms with Crippen molar-refractivity contribution in [2.24, 2.45) is 5.16 Å². The van der Waals surface area contributed by atoms with Gasteiger partial charge in [-0.15, -0.1) is 0 Å². The van der Waals surface area contributed by atoms with Crippen LogP contribution in [0.15, 0.2) is 23.4 Å². The summed E-state index contributed by atoms with van der Waals surface area (Å²) in [4.78, 5) is 0. The lowest BCUT2D eigenvalue weighted by atomic mass is 9.72. The highest BCUT2D eigenvalue weighted by molar-refractivity contribution is 5.83. The predicted molar refractivity (Wildman–Crippen MR) is 79.3 cm³/mol. The Labute approximate surface area is 116 Å². The minimum absolute atomic E-state index is 0.151. The zero-order valence-electron chi connectivity index (χ0n) is 12.2. The van der Waals surface area contributed by atoms with E-state index in [4.69, 9.17) is 5.21 Å². The second-order valence-corrected chi connectivity index (χ2v) is 5.11. The van der Waals surface area contributed by atoms with Crippen molar-refractivity contribution in [2.75, 3.05) is 0 Å². The van der Waals surface area contributed by atoms with Gasteiger partial charge in [0.15, 0.2) is 0 Å². The highest BCUT2D eigenvalue weighted by Crippen LogP contribution is 2.38. The van der Waals surface area contributed by atoms with Crippen LogP contribution in [0.25, 0.3) is 0 Å². The lowest BCUT2D eigenvalue weighted by Crippen LogP contribution is -2.24. The molecule has 0 unspecified atom stereocenters. The van der Waals surface area contributed by atoms with Crippen LogP contribution in [0.1, 0.15) is 64.0 Å². The standard InChI is InChI=1S/C16H25NO2/c1-4-7-10-16(5-2,6-3)14-8-9-15(18)13(11-14)12-17-19/h8-9,11-12,18-19H,4-7,10H2,1-3H3/b17-12+. The maximum Gasteiger partial charge on any atom is 0.124 e. The van der Waals surface area contributed by atoms with E-state index in [1.165, 1.54) is 24.6 Å². The van der Waals surface area contributed by atoms with E-state index < -0.39 is 0 Å². The van der Waals surface area contributed by atoms with Crippen molar-refractivity contribution in [1.29, 1.82) is 0 Å². The third-order valence-corrected chi connectivity index (χ3v) is 4.20. The summed E-state index contributed by atoms with van der Waals surface area (Å²) in [7, 11) is 0. The predicted octanol–water partition coefficient (Wildman–Crippen LogP) is 4.45. The minimum Gasteiger partial charge on any atom is -0.507 e. The second-order valence-electron chi connectivity index (χ2n) is 5.11. The maximum atomic E-state index is 9.75. The summed E-state index contributed by atoms with van der Waals surface area (Å²) in [6.07, 6.45) is 6.97. The molecule has 3 heteroatoms. The van der Waals surface area contributed by atoms with Crippen LogP contribution in [0.5, 0.6) is 5.75 Å². The van der Waals surface area contributed by atoms with Gasteiger partial charge in [-0.3, -0.25) is 0 Å². The van der Waals surface area contributed by atoms with E-state index in [1.807, 2.05) is 12.1 Å². The number of unbranched alkanes of at least 4 members (excludes halogenated alkanes) is 1. The Bertz CT molecular complexity index is 423. The van der Waals surface area contributed by atoms with Gasteiger partial charge in [-0.1, -0.05) is 44.8 Å². The summed E-state index contributed by atoms with van der Waals surface area (Å²) in [6, 6.07) is 5.63. The van der Waals surface area contributed by atoms with E-state index >= 15 is 0 Å². The molecule has 0 amide bonds. The molecule has 1 rings (SSSR count). The van der Waals surface area contributed by atoms with E-state index in [2.05, 4.69) is 25.9 Å². The monoisotopic (exact) mass is 263 g/mol. The number of oxime groups is 1. The molecule has 0 fully saturated rings. The molecule has 3 nitrogen and oxygen atoms in total. The van der Waals surface area contributed by atoms with Crippen molar-refractivity contribution < 1.29 is 10.3 Å². The molecule has 19 heavy (non-hydrogen) atoms. The van der Waals surface area contributed by atoms with Gasteiger partial charge in [0.2, 0.25) is 0 Å². The van der Waals surface area contributed by atoms with Crippen LogP contribution >= 0.6 is 0 Å². The van der Waals surface area contributed by atoms with Crippen LogP contribution in [0.3, 0.4) is 0 Å². The van der Waals surface area contributed by atoms with E-state index in [-0.39, 0.29) is 11.2 Å². The molecule has 0 saturated carbocycles. The number of phenolic OH excluding ortho intramolecular Hbond substituents is 1. The van der Waals surface area contributed by atoms with Gasteiger partial charge in [-0.05, 0) is 42.4 Å². The van der Waals surface area contributed by atoms with Gasteiger partial charge >= 0.3 is 0 Å². The van der Waals surface area contributed by atoms with Crippen molar-refractivity contribution in [3.8, 4) is 5.75 Å². The van der Waals surface area contributed by atoms with Crippen LogP contribution in [-0.2, 0) is 5.41 Å². The lowest BCUT2D eigenvalue weighted by Gasteiger charge is -2.33. The Kier molecular flexibility index (Phi) is 5.87. The average Bonchev–Trinajstić information content (AvgIpc) is 2.44. The highest BCUT2D eigenvalue weighted by atomic mass is 16.4. The summed E-state index contributed by atoms with van der Waals surface area (Å²) in [5, 5.41) is 21.4. The summed E-state index contributed by atoms with van der Waals surface area (Å²) in [5.74, 6) is 0.151. The van der Waals surface area contributed by atoms with Crippen molar-refractivity contribution in [3.63, 3.8) is 0 Å². The number of benzene rings is 1. The third kappa shape index (κ3) is 3.49. The normalized spacial score (nSPS) is 12.2. The molecule has 1 aromatic rings. The summed E-state index contributed by atoms with van der Waals surface area (Å²) in [6.45, 7) is 6.63. The van der Waals surface area contributed by atoms with E-state index in [0.717, 1.165) is 19.3 Å². The molecule has 0 saturated heterocycles. The summed E-state index contributed by atoms with van der Waals surface area (Å²) >= 11 is 0. The van der Waals surface area contributed by atoms with E-state index in [9.17, 15) is 5.11 Å². The Morgan fingerprint density at radius 3 is 2.42 bits per heavy atom. The van der Waals surface area contributed by atoms with Gasteiger partial charge in [0, 0.05) is 5.56 Å². The smallest absolute Gasteiger partial charge is 0.124 e. The Hall–Kier alpha value is -1.51. The molecule has 0 heterocycles. The first-order valence-electron chi connectivity index (χ1n) is 7.14. The van der Waals surface area contributed by atoms with Crippen LogP contribution in [0, 0.1) is 0 Å². The fourth-order valence-electron chi connectivity index (χ4n) is 2.72. The lowest BCUT2D eigenvalue weighted by molar-refractivity contribution is 0.321. The first-order valence-corrected chi connectivity index (χ1v) is 7.14. The molecule has 0 bridgehead atoms. The number of rotatable bonds is 7. The Morgan fingerprint density at radius 2 is 1.89 bits per heavy atom. The van der Waals surface area contributed by atoms with Crippen LogP contribution in [0.2, 0.25) is 0 Å². The first-order chi connectivity index (χ1) is 9.13. The van der Waals surface area contributed by atoms with Crippen LogP contribution < -0.4 is 0 Å². The molecular weight excluding hydrogens is 238 g/mol. The quantitative estimate of drug-likeness (QED) is 0.434. The first kappa shape index (κ1) is 15.5. The Balaban J connectivity index is 3.18. The molecule has 0 spiro atoms. The molecule has 2 N–H and O–H groups in total. The highest BCUT2D eigenvalue weighted by Gasteiger charge is 2.28. The summed E-state index contributed by atoms with van der Waals surface area (Å²) in [5.41, 5.74) is 1.95. The number of hydrogen-bond donors (Lipinski definition) is 2. The van der Waals surface area contributed by atoms with Crippen molar-refractivity contribution in [1.82, 2.24) is 0 Å². The molecule has 0 aromatic heterocycles. The van der Waals surface area contributed by atoms with E-state index in [1.54, 1.807) is 6.07 Å². The number of aromatic hydroxyl groups is 1. The van der Waals surface area contributed by atoms with Gasteiger partial charge in [0.05, 0.1) is 6.21 Å². The average molecular weight is 263 g/mol. The molecule has 106 valence electrons. The fraction of sp³-hybridized carbons (Fsp3) is 0.562. The molecule has 0 radical (unpaired) electrons. The van der Waals surface area contributed by atoms with Crippen molar-refractivity contribution in [3.05, 3.63) is 29.3 Å². The van der Waals surface area contributed by atoms with Gasteiger partial charge in [-0.25, -0.2) is 0 Å². The van der Waals surface area contributed by atoms with Gasteiger partial charge < -0.3 is 10.3 Å². The number of hydrogen-bond acceptors (Lipinski definition) is 3. The number of phenols is 1. The van der Waals surface area contributed by atoms with Crippen molar-refractivity contribution in [2.45, 2.75) is 58.3 Å². The van der Waals surface area contributed by atoms with Gasteiger partial charge in [0.25, 0.3) is 0 Å². The van der Waals surface area contributed by atoms with Gasteiger partial charge in [0.1, 0.15) is 5.75 Å². The molecule has 0 aliphatic rings. The topological polar surface area (TPSA) is 52.8 Å².